The summed E-state index contributed by atoms with van der Waals surface area (Å²) in [6.07, 6.45) is 5.38. The van der Waals surface area contributed by atoms with Crippen molar-refractivity contribution >= 4 is 17.7 Å². The predicted molar refractivity (Wildman–Crippen MR) is 93.6 cm³/mol. The Bertz CT molecular complexity index is 783. The van der Waals surface area contributed by atoms with Crippen LogP contribution in [0.5, 0.6) is 5.75 Å². The van der Waals surface area contributed by atoms with Crippen molar-refractivity contribution in [2.45, 2.75) is 13.8 Å². The highest BCUT2D eigenvalue weighted by atomic mass is 16.5. The van der Waals surface area contributed by atoms with E-state index in [-0.39, 0.29) is 5.91 Å². The molecule has 1 heterocycles. The lowest BCUT2D eigenvalue weighted by atomic mass is 10.1. The highest BCUT2D eigenvalue weighted by Gasteiger charge is 2.08. The number of carbonyl (C=O) groups excluding carboxylic acids is 1. The molecule has 23 heavy (non-hydrogen) atoms. The van der Waals surface area contributed by atoms with Crippen LogP contribution < -0.4 is 10.1 Å². The van der Waals surface area contributed by atoms with Crippen molar-refractivity contribution in [1.82, 2.24) is 0 Å². The van der Waals surface area contributed by atoms with E-state index < -0.39 is 0 Å². The van der Waals surface area contributed by atoms with Gasteiger partial charge < -0.3 is 10.1 Å². The molecule has 0 saturated carbocycles. The number of anilines is 1. The second-order valence-corrected chi connectivity index (χ2v) is 5.74. The predicted octanol–water partition coefficient (Wildman–Crippen LogP) is 4.27. The third-order valence-electron chi connectivity index (χ3n) is 3.59. The molecule has 0 fully saturated rings. The minimum absolute atomic E-state index is 0.144. The molecule has 1 amide bonds. The maximum atomic E-state index is 12.1. The van der Waals surface area contributed by atoms with E-state index in [0.29, 0.717) is 6.61 Å². The van der Waals surface area contributed by atoms with Gasteiger partial charge in [-0.3, -0.25) is 4.79 Å². The second-order valence-electron chi connectivity index (χ2n) is 5.74. The van der Waals surface area contributed by atoms with Gasteiger partial charge in [-0.25, -0.2) is 0 Å². The highest BCUT2D eigenvalue weighted by molar-refractivity contribution is 5.99. The topological polar surface area (TPSA) is 38.3 Å². The molecule has 3 heteroatoms. The van der Waals surface area contributed by atoms with Crippen LogP contribution >= 0.6 is 0 Å². The smallest absolute Gasteiger partial charge is 0.248 e. The average molecular weight is 305 g/mol. The molecule has 1 N–H and O–H groups in total. The summed E-state index contributed by atoms with van der Waals surface area (Å²) in [5.41, 5.74) is 5.08. The Kier molecular flexibility index (Phi) is 4.29. The van der Waals surface area contributed by atoms with Gasteiger partial charge in [-0.05, 0) is 54.8 Å². The summed E-state index contributed by atoms with van der Waals surface area (Å²) >= 11 is 0. The fourth-order valence-corrected chi connectivity index (χ4v) is 2.64. The van der Waals surface area contributed by atoms with Crippen molar-refractivity contribution < 1.29 is 9.53 Å². The van der Waals surface area contributed by atoms with Crippen LogP contribution in [-0.4, -0.2) is 12.5 Å². The van der Waals surface area contributed by atoms with Crippen LogP contribution in [0.4, 0.5) is 5.69 Å². The van der Waals surface area contributed by atoms with Crippen molar-refractivity contribution in [3.05, 3.63) is 76.9 Å². The number of carbonyl (C=O) groups is 1. The van der Waals surface area contributed by atoms with Gasteiger partial charge in [0.1, 0.15) is 12.4 Å². The van der Waals surface area contributed by atoms with Crippen molar-refractivity contribution in [3.63, 3.8) is 0 Å². The molecule has 0 unspecified atom stereocenters. The van der Waals surface area contributed by atoms with Crippen LogP contribution in [0, 0.1) is 13.8 Å². The number of para-hydroxylation sites is 1. The molecule has 0 spiro atoms. The van der Waals surface area contributed by atoms with Crippen LogP contribution in [0.25, 0.3) is 6.08 Å². The summed E-state index contributed by atoms with van der Waals surface area (Å²) in [6.45, 7) is 4.50. The van der Waals surface area contributed by atoms with E-state index in [1.807, 2.05) is 56.3 Å². The molecule has 0 aromatic heterocycles. The van der Waals surface area contributed by atoms with Gasteiger partial charge in [-0.2, -0.15) is 0 Å². The van der Waals surface area contributed by atoms with Crippen molar-refractivity contribution in [1.29, 1.82) is 0 Å². The molecular weight excluding hydrogens is 286 g/mol. The largest absolute Gasteiger partial charge is 0.488 e. The first-order chi connectivity index (χ1) is 11.1. The number of fused-ring (bicyclic) bond motifs is 1. The van der Waals surface area contributed by atoms with E-state index in [9.17, 15) is 4.79 Å². The van der Waals surface area contributed by atoms with Gasteiger partial charge in [0.05, 0.1) is 0 Å². The number of benzene rings is 2. The van der Waals surface area contributed by atoms with Crippen LogP contribution in [0.1, 0.15) is 16.7 Å². The van der Waals surface area contributed by atoms with E-state index in [2.05, 4.69) is 11.4 Å². The highest BCUT2D eigenvalue weighted by Crippen LogP contribution is 2.26. The normalized spacial score (nSPS) is 13.2. The molecule has 0 radical (unpaired) electrons. The lowest BCUT2D eigenvalue weighted by Crippen LogP contribution is -2.10. The zero-order chi connectivity index (χ0) is 16.2. The lowest BCUT2D eigenvalue weighted by Gasteiger charge is -2.15. The number of hydrogen-bond acceptors (Lipinski definition) is 2. The fourth-order valence-electron chi connectivity index (χ4n) is 2.64. The molecule has 116 valence electrons. The molecule has 0 aliphatic carbocycles. The Morgan fingerprint density at radius 3 is 2.65 bits per heavy atom. The van der Waals surface area contributed by atoms with E-state index in [1.165, 1.54) is 0 Å². The number of nitrogens with one attached hydrogen (secondary N) is 1. The Labute approximate surface area is 136 Å². The quantitative estimate of drug-likeness (QED) is 0.860. The van der Waals surface area contributed by atoms with Crippen molar-refractivity contribution in [3.8, 4) is 5.75 Å². The zero-order valence-corrected chi connectivity index (χ0v) is 13.3. The van der Waals surface area contributed by atoms with Gasteiger partial charge in [0.15, 0.2) is 0 Å². The summed E-state index contributed by atoms with van der Waals surface area (Å²) in [5.74, 6) is 0.735. The van der Waals surface area contributed by atoms with Crippen LogP contribution in [0.3, 0.4) is 0 Å². The SMILES string of the molecule is Cc1cc(C)cc(NC(=O)C=CC2=Cc3ccccc3OC2)c1. The summed E-state index contributed by atoms with van der Waals surface area (Å²) in [4.78, 5) is 12.1. The standard InChI is InChI=1S/C20H19NO2/c1-14-9-15(2)11-18(10-14)21-20(22)8-7-16-12-17-5-3-4-6-19(17)23-13-16/h3-12H,13H2,1-2H3,(H,21,22). The first-order valence-corrected chi connectivity index (χ1v) is 7.60. The zero-order valence-electron chi connectivity index (χ0n) is 13.3. The van der Waals surface area contributed by atoms with Gasteiger partial charge in [0.25, 0.3) is 0 Å². The summed E-state index contributed by atoms with van der Waals surface area (Å²) in [5, 5.41) is 2.89. The minimum atomic E-state index is -0.144. The molecule has 0 atom stereocenters. The van der Waals surface area contributed by atoms with Crippen LogP contribution in [-0.2, 0) is 4.79 Å². The van der Waals surface area contributed by atoms with E-state index in [0.717, 1.165) is 33.7 Å². The van der Waals surface area contributed by atoms with Gasteiger partial charge >= 0.3 is 0 Å². The molecule has 2 aromatic rings. The lowest BCUT2D eigenvalue weighted by molar-refractivity contribution is -0.111. The van der Waals surface area contributed by atoms with Gasteiger partial charge in [0, 0.05) is 17.3 Å². The third kappa shape index (κ3) is 3.89. The maximum Gasteiger partial charge on any atom is 0.248 e. The molecule has 3 rings (SSSR count). The number of ether oxygens (including phenoxy) is 1. The summed E-state index contributed by atoms with van der Waals surface area (Å²) in [7, 11) is 0. The molecule has 0 saturated heterocycles. The second kappa shape index (κ2) is 6.53. The van der Waals surface area contributed by atoms with E-state index >= 15 is 0 Å². The summed E-state index contributed by atoms with van der Waals surface area (Å²) in [6, 6.07) is 13.9. The Morgan fingerprint density at radius 1 is 1.13 bits per heavy atom. The number of amides is 1. The first kappa shape index (κ1) is 15.1. The average Bonchev–Trinajstić information content (AvgIpc) is 2.52. The van der Waals surface area contributed by atoms with Gasteiger partial charge in [-0.1, -0.05) is 30.3 Å². The number of rotatable bonds is 3. The van der Waals surface area contributed by atoms with Crippen molar-refractivity contribution in [2.75, 3.05) is 11.9 Å². The number of hydrogen-bond donors (Lipinski definition) is 1. The van der Waals surface area contributed by atoms with Gasteiger partial charge in [-0.15, -0.1) is 0 Å². The Morgan fingerprint density at radius 2 is 1.87 bits per heavy atom. The van der Waals surface area contributed by atoms with E-state index in [4.69, 9.17) is 4.74 Å². The van der Waals surface area contributed by atoms with Crippen molar-refractivity contribution in [2.24, 2.45) is 0 Å². The molecule has 0 bridgehead atoms. The molecule has 3 nitrogen and oxygen atoms in total. The number of aryl methyl sites for hydroxylation is 2. The van der Waals surface area contributed by atoms with Gasteiger partial charge in [0.2, 0.25) is 5.91 Å². The molecule has 2 aromatic carbocycles. The van der Waals surface area contributed by atoms with Crippen LogP contribution in [0.2, 0.25) is 0 Å². The summed E-state index contributed by atoms with van der Waals surface area (Å²) < 4.78 is 5.67. The molecule has 1 aliphatic heterocycles. The monoisotopic (exact) mass is 305 g/mol. The Balaban J connectivity index is 1.68. The van der Waals surface area contributed by atoms with Crippen LogP contribution in [0.15, 0.2) is 60.2 Å². The van der Waals surface area contributed by atoms with E-state index in [1.54, 1.807) is 12.2 Å². The minimum Gasteiger partial charge on any atom is -0.488 e. The fraction of sp³-hybridized carbons (Fsp3) is 0.150. The first-order valence-electron chi connectivity index (χ1n) is 7.60. The molecule has 1 aliphatic rings. The Hall–Kier alpha value is -2.81. The maximum absolute atomic E-state index is 12.1. The third-order valence-corrected chi connectivity index (χ3v) is 3.59. The molecular formula is C20H19NO2.